The summed E-state index contributed by atoms with van der Waals surface area (Å²) in [7, 11) is 0. The van der Waals surface area contributed by atoms with E-state index in [2.05, 4.69) is 21.9 Å². The van der Waals surface area contributed by atoms with Crippen LogP contribution in [0.1, 0.15) is 26.3 Å². The number of hydrogen-bond donors (Lipinski definition) is 1. The Hall–Kier alpha value is -2.07. The van der Waals surface area contributed by atoms with Crippen molar-refractivity contribution >= 4 is 17.7 Å². The summed E-state index contributed by atoms with van der Waals surface area (Å²) >= 11 is 5.82. The first-order chi connectivity index (χ1) is 10.5. The average molecular weight is 350 g/mol. The van der Waals surface area contributed by atoms with E-state index in [1.165, 1.54) is 6.07 Å². The van der Waals surface area contributed by atoms with Crippen LogP contribution in [0.2, 0.25) is 5.02 Å². The molecule has 0 aliphatic carbocycles. The third-order valence-corrected chi connectivity index (χ3v) is 2.43. The molecule has 23 heavy (non-hydrogen) atoms. The minimum absolute atomic E-state index is 0.00600. The number of amides is 1. The van der Waals surface area contributed by atoms with Gasteiger partial charge in [-0.15, -0.1) is 13.2 Å². The third kappa shape index (κ3) is 8.21. The van der Waals surface area contributed by atoms with Gasteiger partial charge in [-0.3, -0.25) is 0 Å². The maximum absolute atomic E-state index is 12.1. The van der Waals surface area contributed by atoms with Crippen LogP contribution in [0.4, 0.5) is 18.0 Å². The van der Waals surface area contributed by atoms with Crippen LogP contribution in [0.3, 0.4) is 0 Å². The van der Waals surface area contributed by atoms with Gasteiger partial charge in [-0.2, -0.15) is 0 Å². The van der Waals surface area contributed by atoms with Gasteiger partial charge in [0.05, 0.1) is 11.6 Å². The number of alkyl carbamates (subject to hydrolysis) is 1. The van der Waals surface area contributed by atoms with E-state index in [9.17, 15) is 18.0 Å². The second-order valence-corrected chi connectivity index (χ2v) is 5.75. The molecule has 0 radical (unpaired) electrons. The zero-order chi connectivity index (χ0) is 17.7. The van der Waals surface area contributed by atoms with Crippen molar-refractivity contribution in [3.8, 4) is 17.6 Å². The molecule has 1 aromatic rings. The predicted molar refractivity (Wildman–Crippen MR) is 79.2 cm³/mol. The molecule has 1 rings (SSSR count). The van der Waals surface area contributed by atoms with Gasteiger partial charge in [0.2, 0.25) is 0 Å². The molecule has 0 aliphatic rings. The smallest absolute Gasteiger partial charge is 0.444 e. The molecule has 0 aromatic heterocycles. The maximum atomic E-state index is 12.1. The van der Waals surface area contributed by atoms with Crippen molar-refractivity contribution in [3.05, 3.63) is 28.8 Å². The van der Waals surface area contributed by atoms with Crippen LogP contribution in [0.25, 0.3) is 0 Å². The standard InChI is InChI=1S/C15H15ClF3NO3/c1-14(2,3)23-13(21)20-8-4-5-10-6-7-11(9-12(10)16)22-15(17,18)19/h6-7,9H,8H2,1-3H3,(H,20,21). The molecule has 1 aromatic carbocycles. The van der Waals surface area contributed by atoms with Gasteiger partial charge in [-0.25, -0.2) is 4.79 Å². The molecule has 8 heteroatoms. The highest BCUT2D eigenvalue weighted by Gasteiger charge is 2.31. The van der Waals surface area contributed by atoms with Crippen LogP contribution in [0, 0.1) is 11.8 Å². The molecule has 0 bridgehead atoms. The Morgan fingerprint density at radius 1 is 1.30 bits per heavy atom. The third-order valence-electron chi connectivity index (χ3n) is 2.12. The lowest BCUT2D eigenvalue weighted by molar-refractivity contribution is -0.274. The highest BCUT2D eigenvalue weighted by Crippen LogP contribution is 2.27. The zero-order valence-electron chi connectivity index (χ0n) is 12.7. The fourth-order valence-corrected chi connectivity index (χ4v) is 1.58. The van der Waals surface area contributed by atoms with Gasteiger partial charge >= 0.3 is 12.5 Å². The van der Waals surface area contributed by atoms with Gasteiger partial charge in [0.25, 0.3) is 0 Å². The minimum atomic E-state index is -4.78. The van der Waals surface area contributed by atoms with E-state index in [4.69, 9.17) is 16.3 Å². The molecule has 1 N–H and O–H groups in total. The normalized spacial score (nSPS) is 11.3. The number of halogens is 4. The lowest BCUT2D eigenvalue weighted by atomic mass is 10.2. The molecule has 0 unspecified atom stereocenters. The molecule has 0 aliphatic heterocycles. The molecule has 0 saturated heterocycles. The number of carbonyl (C=O) groups is 1. The molecular formula is C15H15ClF3NO3. The number of ether oxygens (including phenoxy) is 2. The highest BCUT2D eigenvalue weighted by molar-refractivity contribution is 6.31. The Bertz CT molecular complexity index is 628. The molecule has 126 valence electrons. The van der Waals surface area contributed by atoms with Gasteiger partial charge in [-0.1, -0.05) is 23.4 Å². The van der Waals surface area contributed by atoms with Crippen molar-refractivity contribution < 1.29 is 27.4 Å². The Morgan fingerprint density at radius 3 is 2.48 bits per heavy atom. The summed E-state index contributed by atoms with van der Waals surface area (Å²) < 4.78 is 45.0. The number of hydrogen-bond acceptors (Lipinski definition) is 3. The molecule has 1 amide bonds. The SMILES string of the molecule is CC(C)(C)OC(=O)NCC#Cc1ccc(OC(F)(F)F)cc1Cl. The van der Waals surface area contributed by atoms with Crippen molar-refractivity contribution in [1.29, 1.82) is 0 Å². The van der Waals surface area contributed by atoms with Gasteiger partial charge in [0, 0.05) is 11.6 Å². The van der Waals surface area contributed by atoms with Gasteiger partial charge in [-0.05, 0) is 32.9 Å². The lowest BCUT2D eigenvalue weighted by Gasteiger charge is -2.19. The van der Waals surface area contributed by atoms with E-state index >= 15 is 0 Å². The van der Waals surface area contributed by atoms with Crippen LogP contribution in [0.5, 0.6) is 5.75 Å². The largest absolute Gasteiger partial charge is 0.573 e. The van der Waals surface area contributed by atoms with Crippen molar-refractivity contribution in [2.24, 2.45) is 0 Å². The summed E-state index contributed by atoms with van der Waals surface area (Å²) in [6.45, 7) is 5.18. The van der Waals surface area contributed by atoms with Crippen LogP contribution < -0.4 is 10.1 Å². The first-order valence-corrected chi connectivity index (χ1v) is 6.85. The van der Waals surface area contributed by atoms with Crippen molar-refractivity contribution in [2.45, 2.75) is 32.7 Å². The molecule has 4 nitrogen and oxygen atoms in total. The van der Waals surface area contributed by atoms with E-state index < -0.39 is 23.8 Å². The number of benzene rings is 1. The number of alkyl halides is 3. The highest BCUT2D eigenvalue weighted by atomic mass is 35.5. The van der Waals surface area contributed by atoms with E-state index in [-0.39, 0.29) is 11.6 Å². The van der Waals surface area contributed by atoms with Gasteiger partial charge in [0.15, 0.2) is 0 Å². The summed E-state index contributed by atoms with van der Waals surface area (Å²) in [5, 5.41) is 2.43. The Kier molecular flexibility index (Phi) is 6.16. The number of nitrogens with one attached hydrogen (secondary N) is 1. The predicted octanol–water partition coefficient (Wildman–Crippen LogP) is 4.11. The van der Waals surface area contributed by atoms with Gasteiger partial charge in [0.1, 0.15) is 11.4 Å². The fraction of sp³-hybridized carbons (Fsp3) is 0.400. The molecular weight excluding hydrogens is 335 g/mol. The van der Waals surface area contributed by atoms with Crippen molar-refractivity contribution in [2.75, 3.05) is 6.54 Å². The van der Waals surface area contributed by atoms with E-state index in [0.717, 1.165) is 12.1 Å². The molecule has 0 spiro atoms. The first kappa shape index (κ1) is 19.0. The number of rotatable bonds is 2. The Balaban J connectivity index is 2.61. The van der Waals surface area contributed by atoms with E-state index in [1.807, 2.05) is 0 Å². The molecule has 0 atom stereocenters. The van der Waals surface area contributed by atoms with Crippen molar-refractivity contribution in [1.82, 2.24) is 5.32 Å². The van der Waals surface area contributed by atoms with Gasteiger partial charge < -0.3 is 14.8 Å². The van der Waals surface area contributed by atoms with E-state index in [0.29, 0.717) is 5.56 Å². The second-order valence-electron chi connectivity index (χ2n) is 5.35. The summed E-state index contributed by atoms with van der Waals surface area (Å²) in [6, 6.07) is 3.41. The zero-order valence-corrected chi connectivity index (χ0v) is 13.4. The second kappa shape index (κ2) is 7.47. The molecule has 0 heterocycles. The topological polar surface area (TPSA) is 47.6 Å². The van der Waals surface area contributed by atoms with Crippen molar-refractivity contribution in [3.63, 3.8) is 0 Å². The van der Waals surface area contributed by atoms with Crippen LogP contribution in [-0.4, -0.2) is 24.6 Å². The average Bonchev–Trinajstić information content (AvgIpc) is 2.32. The Morgan fingerprint density at radius 2 is 1.96 bits per heavy atom. The summed E-state index contributed by atoms with van der Waals surface area (Å²) in [5.74, 6) is 4.82. The van der Waals surface area contributed by atoms with Crippen LogP contribution in [-0.2, 0) is 4.74 Å². The minimum Gasteiger partial charge on any atom is -0.444 e. The summed E-state index contributed by atoms with van der Waals surface area (Å²) in [5.41, 5.74) is -0.304. The monoisotopic (exact) mass is 349 g/mol. The van der Waals surface area contributed by atoms with Crippen LogP contribution >= 0.6 is 11.6 Å². The first-order valence-electron chi connectivity index (χ1n) is 6.47. The Labute approximate surface area is 136 Å². The summed E-state index contributed by atoms with van der Waals surface area (Å²) in [6.07, 6.45) is -5.40. The molecule has 0 saturated carbocycles. The lowest BCUT2D eigenvalue weighted by Crippen LogP contribution is -2.32. The van der Waals surface area contributed by atoms with E-state index in [1.54, 1.807) is 20.8 Å². The quantitative estimate of drug-likeness (QED) is 0.817. The van der Waals surface area contributed by atoms with Crippen LogP contribution in [0.15, 0.2) is 18.2 Å². The summed E-state index contributed by atoms with van der Waals surface area (Å²) in [4.78, 5) is 11.4. The number of carbonyl (C=O) groups excluding carboxylic acids is 1. The molecule has 0 fully saturated rings. The maximum Gasteiger partial charge on any atom is 0.573 e. The fourth-order valence-electron chi connectivity index (χ4n) is 1.36.